The standard InChI is InChI=1S/C19H30N2OS/c1-22-15-14-21(16-17-10-6-5-7-11-17)19(23)20-18-12-8-3-2-4-9-13-18/h5-7,10-11,18H,2-4,8-9,12-16H2,1H3,(H,20,23). The van der Waals surface area contributed by atoms with Gasteiger partial charge in [0.25, 0.3) is 0 Å². The highest BCUT2D eigenvalue weighted by atomic mass is 32.1. The molecule has 0 aliphatic heterocycles. The molecule has 0 unspecified atom stereocenters. The van der Waals surface area contributed by atoms with E-state index in [1.54, 1.807) is 7.11 Å². The highest BCUT2D eigenvalue weighted by molar-refractivity contribution is 7.80. The fourth-order valence-corrected chi connectivity index (χ4v) is 3.45. The molecule has 0 radical (unpaired) electrons. The minimum atomic E-state index is 0.531. The Bertz CT molecular complexity index is 444. The molecular weight excluding hydrogens is 304 g/mol. The third kappa shape index (κ3) is 6.88. The van der Waals surface area contributed by atoms with Gasteiger partial charge in [-0.3, -0.25) is 0 Å². The van der Waals surface area contributed by atoms with Crippen LogP contribution in [0.1, 0.15) is 50.5 Å². The van der Waals surface area contributed by atoms with Gasteiger partial charge >= 0.3 is 0 Å². The monoisotopic (exact) mass is 334 g/mol. The third-order valence-corrected chi connectivity index (χ3v) is 4.88. The molecule has 4 heteroatoms. The van der Waals surface area contributed by atoms with Gasteiger partial charge < -0.3 is 15.0 Å². The second kappa shape index (κ2) is 10.6. The molecule has 0 amide bonds. The maximum atomic E-state index is 5.71. The van der Waals surface area contributed by atoms with Crippen LogP contribution in [0.2, 0.25) is 0 Å². The van der Waals surface area contributed by atoms with E-state index in [0.717, 1.165) is 18.2 Å². The summed E-state index contributed by atoms with van der Waals surface area (Å²) < 4.78 is 5.26. The lowest BCUT2D eigenvalue weighted by atomic mass is 9.97. The molecule has 23 heavy (non-hydrogen) atoms. The topological polar surface area (TPSA) is 24.5 Å². The average Bonchev–Trinajstić information content (AvgIpc) is 2.54. The lowest BCUT2D eigenvalue weighted by Gasteiger charge is -2.30. The van der Waals surface area contributed by atoms with Gasteiger partial charge in [-0.25, -0.2) is 0 Å². The summed E-state index contributed by atoms with van der Waals surface area (Å²) in [5.41, 5.74) is 1.28. The summed E-state index contributed by atoms with van der Waals surface area (Å²) in [6.45, 7) is 2.35. The summed E-state index contributed by atoms with van der Waals surface area (Å²) in [4.78, 5) is 2.23. The number of hydrogen-bond acceptors (Lipinski definition) is 2. The van der Waals surface area contributed by atoms with Crippen LogP contribution in [0.3, 0.4) is 0 Å². The van der Waals surface area contributed by atoms with Crippen LogP contribution in [0.15, 0.2) is 30.3 Å². The van der Waals surface area contributed by atoms with E-state index in [1.807, 2.05) is 6.07 Å². The van der Waals surface area contributed by atoms with Crippen LogP contribution in [-0.2, 0) is 11.3 Å². The Balaban J connectivity index is 1.91. The molecule has 0 bridgehead atoms. The summed E-state index contributed by atoms with van der Waals surface area (Å²) in [6, 6.07) is 11.0. The molecule has 0 atom stereocenters. The van der Waals surface area contributed by atoms with E-state index in [0.29, 0.717) is 12.6 Å². The molecule has 1 aliphatic rings. The van der Waals surface area contributed by atoms with Crippen molar-refractivity contribution in [2.45, 2.75) is 57.5 Å². The van der Waals surface area contributed by atoms with E-state index < -0.39 is 0 Å². The Kier molecular flexibility index (Phi) is 8.40. The van der Waals surface area contributed by atoms with Gasteiger partial charge in [-0.1, -0.05) is 62.4 Å². The molecule has 0 heterocycles. The van der Waals surface area contributed by atoms with Crippen LogP contribution in [0.25, 0.3) is 0 Å². The number of benzene rings is 1. The molecule has 1 N–H and O–H groups in total. The quantitative estimate of drug-likeness (QED) is 0.791. The van der Waals surface area contributed by atoms with Crippen molar-refractivity contribution in [1.82, 2.24) is 10.2 Å². The summed E-state index contributed by atoms with van der Waals surface area (Å²) in [5.74, 6) is 0. The van der Waals surface area contributed by atoms with Crippen LogP contribution < -0.4 is 5.32 Å². The number of methoxy groups -OCH3 is 1. The van der Waals surface area contributed by atoms with E-state index in [-0.39, 0.29) is 0 Å². The first kappa shape index (κ1) is 18.2. The number of hydrogen-bond donors (Lipinski definition) is 1. The molecule has 1 saturated carbocycles. The molecule has 0 aromatic heterocycles. The fourth-order valence-electron chi connectivity index (χ4n) is 3.12. The highest BCUT2D eigenvalue weighted by Gasteiger charge is 2.16. The first-order valence-electron chi connectivity index (χ1n) is 8.88. The Labute approximate surface area is 146 Å². The minimum absolute atomic E-state index is 0.531. The van der Waals surface area contributed by atoms with Crippen LogP contribution in [0.4, 0.5) is 0 Å². The SMILES string of the molecule is COCCN(Cc1ccccc1)C(=S)NC1CCCCCCC1. The lowest BCUT2D eigenvalue weighted by Crippen LogP contribution is -2.45. The van der Waals surface area contributed by atoms with Gasteiger partial charge in [0.1, 0.15) is 0 Å². The number of nitrogens with one attached hydrogen (secondary N) is 1. The molecular formula is C19H30N2OS. The van der Waals surface area contributed by atoms with Crippen molar-refractivity contribution < 1.29 is 4.74 Å². The predicted molar refractivity (Wildman–Crippen MR) is 101 cm³/mol. The predicted octanol–water partition coefficient (Wildman–Crippen LogP) is 4.12. The van der Waals surface area contributed by atoms with E-state index in [9.17, 15) is 0 Å². The van der Waals surface area contributed by atoms with E-state index in [2.05, 4.69) is 34.5 Å². The Morgan fingerprint density at radius 1 is 1.13 bits per heavy atom. The van der Waals surface area contributed by atoms with Crippen molar-refractivity contribution in [3.63, 3.8) is 0 Å². The minimum Gasteiger partial charge on any atom is -0.383 e. The van der Waals surface area contributed by atoms with Crippen molar-refractivity contribution in [3.8, 4) is 0 Å². The molecule has 0 spiro atoms. The summed E-state index contributed by atoms with van der Waals surface area (Å²) in [5, 5.41) is 4.49. The van der Waals surface area contributed by atoms with Crippen molar-refractivity contribution in [2.24, 2.45) is 0 Å². The summed E-state index contributed by atoms with van der Waals surface area (Å²) in [7, 11) is 1.74. The smallest absolute Gasteiger partial charge is 0.169 e. The molecule has 1 fully saturated rings. The Morgan fingerprint density at radius 3 is 2.43 bits per heavy atom. The summed E-state index contributed by atoms with van der Waals surface area (Å²) >= 11 is 5.71. The summed E-state index contributed by atoms with van der Waals surface area (Å²) in [6.07, 6.45) is 9.23. The molecule has 1 aromatic rings. The molecule has 128 valence electrons. The molecule has 0 saturated heterocycles. The maximum absolute atomic E-state index is 5.71. The fraction of sp³-hybridized carbons (Fsp3) is 0.632. The number of rotatable bonds is 6. The van der Waals surface area contributed by atoms with E-state index in [1.165, 1.54) is 50.5 Å². The lowest BCUT2D eigenvalue weighted by molar-refractivity contribution is 0.173. The maximum Gasteiger partial charge on any atom is 0.169 e. The van der Waals surface area contributed by atoms with Gasteiger partial charge in [-0.15, -0.1) is 0 Å². The van der Waals surface area contributed by atoms with Crippen molar-refractivity contribution in [2.75, 3.05) is 20.3 Å². The number of ether oxygens (including phenoxy) is 1. The zero-order valence-electron chi connectivity index (χ0n) is 14.3. The highest BCUT2D eigenvalue weighted by Crippen LogP contribution is 2.17. The molecule has 3 nitrogen and oxygen atoms in total. The van der Waals surface area contributed by atoms with Crippen molar-refractivity contribution in [1.29, 1.82) is 0 Å². The van der Waals surface area contributed by atoms with E-state index in [4.69, 9.17) is 17.0 Å². The average molecular weight is 335 g/mol. The molecule has 1 aromatic carbocycles. The molecule has 1 aliphatic carbocycles. The zero-order chi connectivity index (χ0) is 16.3. The third-order valence-electron chi connectivity index (χ3n) is 4.50. The van der Waals surface area contributed by atoms with Crippen molar-refractivity contribution in [3.05, 3.63) is 35.9 Å². The van der Waals surface area contributed by atoms with Crippen LogP contribution in [0, 0.1) is 0 Å². The second-order valence-electron chi connectivity index (χ2n) is 6.39. The number of thiocarbonyl (C=S) groups is 1. The first-order chi connectivity index (χ1) is 11.3. The van der Waals surface area contributed by atoms with Gasteiger partial charge in [-0.2, -0.15) is 0 Å². The Morgan fingerprint density at radius 2 is 1.78 bits per heavy atom. The van der Waals surface area contributed by atoms with Crippen LogP contribution in [0.5, 0.6) is 0 Å². The zero-order valence-corrected chi connectivity index (χ0v) is 15.1. The molecule has 2 rings (SSSR count). The normalized spacial score (nSPS) is 16.4. The first-order valence-corrected chi connectivity index (χ1v) is 9.28. The van der Waals surface area contributed by atoms with Crippen LogP contribution in [-0.4, -0.2) is 36.3 Å². The van der Waals surface area contributed by atoms with Gasteiger partial charge in [0.05, 0.1) is 6.61 Å². The number of nitrogens with zero attached hydrogens (tertiary/aromatic N) is 1. The van der Waals surface area contributed by atoms with Gasteiger partial charge in [0, 0.05) is 26.2 Å². The van der Waals surface area contributed by atoms with E-state index >= 15 is 0 Å². The van der Waals surface area contributed by atoms with Gasteiger partial charge in [0.15, 0.2) is 5.11 Å². The second-order valence-corrected chi connectivity index (χ2v) is 6.78. The van der Waals surface area contributed by atoms with Gasteiger partial charge in [0.2, 0.25) is 0 Å². The Hall–Kier alpha value is -1.13. The van der Waals surface area contributed by atoms with Crippen LogP contribution >= 0.6 is 12.2 Å². The van der Waals surface area contributed by atoms with Gasteiger partial charge in [-0.05, 0) is 30.6 Å². The largest absolute Gasteiger partial charge is 0.383 e. The van der Waals surface area contributed by atoms with Crippen molar-refractivity contribution >= 4 is 17.3 Å².